The molecule has 1 heterocycles. The smallest absolute Gasteiger partial charge is 0.126 e. The number of rotatable bonds is 6. The third-order valence-corrected chi connectivity index (χ3v) is 3.54. The number of nitrogens with zero attached hydrogens (tertiary/aromatic N) is 1. The van der Waals surface area contributed by atoms with Gasteiger partial charge in [-0.3, -0.25) is 0 Å². The molecule has 4 heteroatoms. The van der Waals surface area contributed by atoms with E-state index >= 15 is 0 Å². The number of halogens is 1. The van der Waals surface area contributed by atoms with E-state index < -0.39 is 0 Å². The van der Waals surface area contributed by atoms with Gasteiger partial charge in [0.2, 0.25) is 0 Å². The van der Waals surface area contributed by atoms with Crippen LogP contribution in [0.4, 0.5) is 4.39 Å². The number of hydrogen-bond donors (Lipinski definition) is 1. The highest BCUT2D eigenvalue weighted by Crippen LogP contribution is 2.25. The van der Waals surface area contributed by atoms with Crippen LogP contribution >= 0.6 is 0 Å². The Bertz CT molecular complexity index is 403. The third kappa shape index (κ3) is 4.18. The lowest BCUT2D eigenvalue weighted by Gasteiger charge is -2.16. The molecule has 0 aliphatic carbocycles. The summed E-state index contributed by atoms with van der Waals surface area (Å²) in [6.45, 7) is 5.95. The SMILES string of the molecule is CC(N)c1ccc(F)cc1OCCCN1CCCC1. The van der Waals surface area contributed by atoms with E-state index in [2.05, 4.69) is 4.90 Å². The van der Waals surface area contributed by atoms with Crippen LogP contribution in [-0.2, 0) is 0 Å². The molecular weight excluding hydrogens is 243 g/mol. The van der Waals surface area contributed by atoms with Crippen LogP contribution in [0.5, 0.6) is 5.75 Å². The van der Waals surface area contributed by atoms with Crippen molar-refractivity contribution in [2.24, 2.45) is 5.73 Å². The number of hydrogen-bond acceptors (Lipinski definition) is 3. The molecule has 0 amide bonds. The minimum atomic E-state index is -0.279. The highest BCUT2D eigenvalue weighted by atomic mass is 19.1. The van der Waals surface area contributed by atoms with E-state index in [0.717, 1.165) is 18.5 Å². The van der Waals surface area contributed by atoms with Crippen LogP contribution in [0.25, 0.3) is 0 Å². The zero-order valence-electron chi connectivity index (χ0n) is 11.6. The standard InChI is InChI=1S/C15H23FN2O/c1-12(17)14-6-5-13(16)11-15(14)19-10-4-9-18-7-2-3-8-18/h5-6,11-12H,2-4,7-10,17H2,1H3. The molecule has 0 saturated carbocycles. The Balaban J connectivity index is 1.82. The van der Waals surface area contributed by atoms with Crippen molar-refractivity contribution in [3.8, 4) is 5.75 Å². The van der Waals surface area contributed by atoms with Crippen molar-refractivity contribution < 1.29 is 9.13 Å². The molecular formula is C15H23FN2O. The van der Waals surface area contributed by atoms with Gasteiger partial charge in [-0.15, -0.1) is 0 Å². The Labute approximate surface area is 114 Å². The average molecular weight is 266 g/mol. The van der Waals surface area contributed by atoms with Crippen LogP contribution in [0.15, 0.2) is 18.2 Å². The lowest BCUT2D eigenvalue weighted by Crippen LogP contribution is -2.22. The number of ether oxygens (including phenoxy) is 1. The first kappa shape index (κ1) is 14.3. The maximum atomic E-state index is 13.2. The molecule has 1 unspecified atom stereocenters. The molecule has 1 aromatic rings. The van der Waals surface area contributed by atoms with Gasteiger partial charge in [0, 0.05) is 24.2 Å². The highest BCUT2D eigenvalue weighted by molar-refractivity contribution is 5.36. The second-order valence-electron chi connectivity index (χ2n) is 5.22. The van der Waals surface area contributed by atoms with E-state index in [1.807, 2.05) is 6.92 Å². The molecule has 19 heavy (non-hydrogen) atoms. The Morgan fingerprint density at radius 2 is 2.11 bits per heavy atom. The van der Waals surface area contributed by atoms with Crippen LogP contribution in [0.2, 0.25) is 0 Å². The maximum Gasteiger partial charge on any atom is 0.126 e. The van der Waals surface area contributed by atoms with E-state index in [0.29, 0.717) is 12.4 Å². The number of nitrogens with two attached hydrogens (primary N) is 1. The summed E-state index contributed by atoms with van der Waals surface area (Å²) in [6, 6.07) is 4.41. The summed E-state index contributed by atoms with van der Waals surface area (Å²) in [4.78, 5) is 2.45. The first-order valence-corrected chi connectivity index (χ1v) is 7.07. The van der Waals surface area contributed by atoms with Gasteiger partial charge in [0.25, 0.3) is 0 Å². The summed E-state index contributed by atoms with van der Waals surface area (Å²) in [5, 5.41) is 0. The molecule has 0 aromatic heterocycles. The van der Waals surface area contributed by atoms with Gasteiger partial charge in [-0.05, 0) is 45.3 Å². The van der Waals surface area contributed by atoms with Gasteiger partial charge in [-0.1, -0.05) is 6.07 Å². The fraction of sp³-hybridized carbons (Fsp3) is 0.600. The summed E-state index contributed by atoms with van der Waals surface area (Å²) in [6.07, 6.45) is 3.58. The van der Waals surface area contributed by atoms with Crippen molar-refractivity contribution >= 4 is 0 Å². The summed E-state index contributed by atoms with van der Waals surface area (Å²) in [7, 11) is 0. The molecule has 1 aliphatic rings. The van der Waals surface area contributed by atoms with Gasteiger partial charge in [-0.2, -0.15) is 0 Å². The molecule has 0 spiro atoms. The van der Waals surface area contributed by atoms with Crippen molar-refractivity contribution in [2.75, 3.05) is 26.2 Å². The van der Waals surface area contributed by atoms with Gasteiger partial charge in [0.15, 0.2) is 0 Å². The largest absolute Gasteiger partial charge is 0.493 e. The van der Waals surface area contributed by atoms with E-state index in [1.54, 1.807) is 6.07 Å². The van der Waals surface area contributed by atoms with Crippen molar-refractivity contribution in [1.82, 2.24) is 4.90 Å². The molecule has 2 N–H and O–H groups in total. The summed E-state index contributed by atoms with van der Waals surface area (Å²) in [5.41, 5.74) is 6.72. The van der Waals surface area contributed by atoms with Crippen LogP contribution in [0, 0.1) is 5.82 Å². The van der Waals surface area contributed by atoms with Crippen LogP contribution in [0.1, 0.15) is 37.8 Å². The van der Waals surface area contributed by atoms with Gasteiger partial charge < -0.3 is 15.4 Å². The molecule has 1 aromatic carbocycles. The van der Waals surface area contributed by atoms with Gasteiger partial charge >= 0.3 is 0 Å². The van der Waals surface area contributed by atoms with Gasteiger partial charge in [0.1, 0.15) is 11.6 Å². The van der Waals surface area contributed by atoms with Crippen LogP contribution in [0.3, 0.4) is 0 Å². The van der Waals surface area contributed by atoms with E-state index in [-0.39, 0.29) is 11.9 Å². The Morgan fingerprint density at radius 1 is 1.37 bits per heavy atom. The molecule has 1 atom stereocenters. The first-order chi connectivity index (χ1) is 9.16. The summed E-state index contributed by atoms with van der Waals surface area (Å²) in [5.74, 6) is 0.301. The molecule has 2 rings (SSSR count). The molecule has 0 bridgehead atoms. The fourth-order valence-corrected chi connectivity index (χ4v) is 2.49. The molecule has 1 fully saturated rings. The van der Waals surface area contributed by atoms with Crippen molar-refractivity contribution in [1.29, 1.82) is 0 Å². The lowest BCUT2D eigenvalue weighted by atomic mass is 10.1. The second-order valence-corrected chi connectivity index (χ2v) is 5.22. The summed E-state index contributed by atoms with van der Waals surface area (Å²) >= 11 is 0. The Morgan fingerprint density at radius 3 is 2.79 bits per heavy atom. The average Bonchev–Trinajstić information content (AvgIpc) is 2.87. The van der Waals surface area contributed by atoms with Crippen molar-refractivity contribution in [3.63, 3.8) is 0 Å². The fourth-order valence-electron chi connectivity index (χ4n) is 2.49. The molecule has 1 aliphatic heterocycles. The second kappa shape index (κ2) is 6.87. The molecule has 3 nitrogen and oxygen atoms in total. The van der Waals surface area contributed by atoms with Crippen molar-refractivity contribution in [3.05, 3.63) is 29.6 Å². The Kier molecular flexibility index (Phi) is 5.16. The van der Waals surface area contributed by atoms with E-state index in [4.69, 9.17) is 10.5 Å². The highest BCUT2D eigenvalue weighted by Gasteiger charge is 2.12. The van der Waals surface area contributed by atoms with Crippen LogP contribution < -0.4 is 10.5 Å². The first-order valence-electron chi connectivity index (χ1n) is 7.07. The van der Waals surface area contributed by atoms with E-state index in [1.165, 1.54) is 38.1 Å². The van der Waals surface area contributed by atoms with Gasteiger partial charge in [-0.25, -0.2) is 4.39 Å². The van der Waals surface area contributed by atoms with Crippen LogP contribution in [-0.4, -0.2) is 31.1 Å². The number of likely N-dealkylation sites (tertiary alicyclic amines) is 1. The third-order valence-electron chi connectivity index (χ3n) is 3.54. The normalized spacial score (nSPS) is 17.6. The summed E-state index contributed by atoms with van der Waals surface area (Å²) < 4.78 is 18.9. The maximum absolute atomic E-state index is 13.2. The number of benzene rings is 1. The lowest BCUT2D eigenvalue weighted by molar-refractivity contribution is 0.260. The van der Waals surface area contributed by atoms with E-state index in [9.17, 15) is 4.39 Å². The quantitative estimate of drug-likeness (QED) is 0.805. The minimum Gasteiger partial charge on any atom is -0.493 e. The predicted molar refractivity (Wildman–Crippen MR) is 74.8 cm³/mol. The van der Waals surface area contributed by atoms with Crippen molar-refractivity contribution in [2.45, 2.75) is 32.2 Å². The zero-order chi connectivity index (χ0) is 13.7. The van der Waals surface area contributed by atoms with Gasteiger partial charge in [0.05, 0.1) is 6.61 Å². The molecule has 106 valence electrons. The molecule has 1 saturated heterocycles. The zero-order valence-corrected chi connectivity index (χ0v) is 11.6. The Hall–Kier alpha value is -1.13. The molecule has 0 radical (unpaired) electrons. The topological polar surface area (TPSA) is 38.5 Å². The monoisotopic (exact) mass is 266 g/mol. The minimum absolute atomic E-state index is 0.144. The predicted octanol–water partition coefficient (Wildman–Crippen LogP) is 2.71.